The molecular weight excluding hydrogens is 805 g/mol. The number of aliphatic hydroxyl groups is 4. The minimum absolute atomic E-state index is 0.126. The van der Waals surface area contributed by atoms with Crippen LogP contribution >= 0.6 is 0 Å². The van der Waals surface area contributed by atoms with Crippen LogP contribution in [0.2, 0.25) is 0 Å². The molecule has 1 aliphatic rings. The van der Waals surface area contributed by atoms with Crippen LogP contribution in [-0.4, -0.2) is 89.6 Å². The average molecular weight is 901 g/mol. The molecule has 0 radical (unpaired) electrons. The van der Waals surface area contributed by atoms with Crippen LogP contribution in [0.25, 0.3) is 0 Å². The van der Waals surface area contributed by atoms with Gasteiger partial charge in [0.1, 0.15) is 30.5 Å². The lowest BCUT2D eigenvalue weighted by molar-refractivity contribution is -0.305. The van der Waals surface area contributed by atoms with Crippen molar-refractivity contribution >= 4 is 5.97 Å². The van der Waals surface area contributed by atoms with Crippen LogP contribution in [0.15, 0.2) is 72.9 Å². The van der Waals surface area contributed by atoms with Gasteiger partial charge in [-0.2, -0.15) is 0 Å². The van der Waals surface area contributed by atoms with Crippen molar-refractivity contribution in [2.45, 2.75) is 243 Å². The molecule has 0 spiro atoms. The Hall–Kier alpha value is -2.37. The molecule has 0 aromatic carbocycles. The maximum absolute atomic E-state index is 12.8. The summed E-state index contributed by atoms with van der Waals surface area (Å²) < 4.78 is 22.9. The van der Waals surface area contributed by atoms with Gasteiger partial charge in [0.05, 0.1) is 19.8 Å². The predicted molar refractivity (Wildman–Crippen MR) is 265 cm³/mol. The average Bonchev–Trinajstić information content (AvgIpc) is 3.30. The van der Waals surface area contributed by atoms with Crippen molar-refractivity contribution in [3.05, 3.63) is 72.9 Å². The lowest BCUT2D eigenvalue weighted by atomic mass is 9.99. The summed E-state index contributed by atoms with van der Waals surface area (Å²) in [4.78, 5) is 12.8. The monoisotopic (exact) mass is 901 g/mol. The van der Waals surface area contributed by atoms with Gasteiger partial charge in [-0.3, -0.25) is 4.79 Å². The van der Waals surface area contributed by atoms with Crippen LogP contribution in [0, 0.1) is 0 Å². The van der Waals surface area contributed by atoms with Gasteiger partial charge in [0, 0.05) is 13.0 Å². The van der Waals surface area contributed by atoms with E-state index in [0.717, 1.165) is 64.2 Å². The topological polar surface area (TPSA) is 135 Å². The van der Waals surface area contributed by atoms with Crippen LogP contribution in [0.1, 0.15) is 206 Å². The highest BCUT2D eigenvalue weighted by Crippen LogP contribution is 2.23. The molecule has 9 nitrogen and oxygen atoms in total. The van der Waals surface area contributed by atoms with E-state index in [9.17, 15) is 25.2 Å². The van der Waals surface area contributed by atoms with Gasteiger partial charge in [-0.05, 0) is 64.2 Å². The minimum atomic E-state index is -1.55. The molecule has 0 amide bonds. The van der Waals surface area contributed by atoms with Gasteiger partial charge in [0.15, 0.2) is 6.29 Å². The fourth-order valence-electron chi connectivity index (χ4n) is 7.61. The lowest BCUT2D eigenvalue weighted by Crippen LogP contribution is -2.59. The van der Waals surface area contributed by atoms with Gasteiger partial charge >= 0.3 is 5.97 Å². The Bertz CT molecular complexity index is 1210. The first kappa shape index (κ1) is 59.6. The molecule has 6 unspecified atom stereocenters. The third-order valence-corrected chi connectivity index (χ3v) is 11.6. The molecule has 1 rings (SSSR count). The van der Waals surface area contributed by atoms with Gasteiger partial charge in [-0.15, -0.1) is 0 Å². The van der Waals surface area contributed by atoms with Crippen LogP contribution in [-0.2, 0) is 23.7 Å². The summed E-state index contributed by atoms with van der Waals surface area (Å²) in [5.41, 5.74) is 0. The molecule has 6 atom stereocenters. The molecule has 0 aliphatic carbocycles. The second-order valence-corrected chi connectivity index (χ2v) is 17.6. The van der Waals surface area contributed by atoms with E-state index in [1.807, 2.05) is 0 Å². The third kappa shape index (κ3) is 35.8. The number of aliphatic hydroxyl groups excluding tert-OH is 4. The van der Waals surface area contributed by atoms with Crippen molar-refractivity contribution in [2.75, 3.05) is 26.4 Å². The Morgan fingerprint density at radius 3 is 1.41 bits per heavy atom. The standard InChI is InChI=1S/C55H96O9/c1-3-5-7-9-11-13-15-17-19-21-23-25-26-28-30-32-34-36-38-40-42-44-51(57)63-49(48-62-55-54(60)53(59)52(58)50(46-56)64-55)47-61-45-43-41-39-37-35-33-31-29-27-24-22-20-18-16-14-12-10-8-6-4-2/h5,7,11,13,17,19,23,25,28,30,34,36,49-50,52-56,58-60H,3-4,6,8-10,12,14-16,18,20-22,24,26-27,29,31-33,35,37-48H2,1-2H3/b7-5-,13-11-,19-17-,25-23-,30-28-,36-34-. The van der Waals surface area contributed by atoms with Crippen LogP contribution in [0.3, 0.4) is 0 Å². The van der Waals surface area contributed by atoms with Crippen LogP contribution < -0.4 is 0 Å². The number of hydrogen-bond acceptors (Lipinski definition) is 9. The van der Waals surface area contributed by atoms with Gasteiger partial charge in [0.2, 0.25) is 0 Å². The molecule has 1 heterocycles. The Kier molecular flexibility index (Phi) is 42.7. The number of allylic oxidation sites excluding steroid dienone is 12. The van der Waals surface area contributed by atoms with Crippen molar-refractivity contribution in [3.63, 3.8) is 0 Å². The van der Waals surface area contributed by atoms with E-state index in [-0.39, 0.29) is 25.6 Å². The van der Waals surface area contributed by atoms with Crippen LogP contribution in [0.5, 0.6) is 0 Å². The highest BCUT2D eigenvalue weighted by Gasteiger charge is 2.44. The summed E-state index contributed by atoms with van der Waals surface area (Å²) in [6.45, 7) is 4.41. The maximum Gasteiger partial charge on any atom is 0.306 e. The molecule has 1 fully saturated rings. The van der Waals surface area contributed by atoms with Gasteiger partial charge in [-0.1, -0.05) is 209 Å². The maximum atomic E-state index is 12.8. The van der Waals surface area contributed by atoms with E-state index in [4.69, 9.17) is 18.9 Å². The van der Waals surface area contributed by atoms with E-state index < -0.39 is 43.4 Å². The molecule has 0 bridgehead atoms. The first-order valence-corrected chi connectivity index (χ1v) is 26.0. The van der Waals surface area contributed by atoms with Crippen molar-refractivity contribution in [1.82, 2.24) is 0 Å². The van der Waals surface area contributed by atoms with Crippen molar-refractivity contribution in [1.29, 1.82) is 0 Å². The number of rotatable bonds is 44. The first-order valence-electron chi connectivity index (χ1n) is 26.0. The third-order valence-electron chi connectivity index (χ3n) is 11.6. The highest BCUT2D eigenvalue weighted by atomic mass is 16.7. The van der Waals surface area contributed by atoms with Gasteiger partial charge in [-0.25, -0.2) is 0 Å². The number of hydrogen-bond donors (Lipinski definition) is 4. The SMILES string of the molecule is CC/C=C\C/C=C\C/C=C\C/C=C\C/C=C\C/C=C\CCCCC(=O)OC(COCCCCCCCCCCCCCCCCCCCCCC)COC1OC(CO)C(O)C(O)C1O. The summed E-state index contributed by atoms with van der Waals surface area (Å²) >= 11 is 0. The molecule has 64 heavy (non-hydrogen) atoms. The number of carbonyl (C=O) groups excluding carboxylic acids is 1. The number of esters is 1. The van der Waals surface area contributed by atoms with Crippen molar-refractivity contribution in [2.24, 2.45) is 0 Å². The Morgan fingerprint density at radius 1 is 0.516 bits per heavy atom. The van der Waals surface area contributed by atoms with Crippen LogP contribution in [0.4, 0.5) is 0 Å². The fraction of sp³-hybridized carbons (Fsp3) is 0.764. The van der Waals surface area contributed by atoms with E-state index in [2.05, 4.69) is 86.8 Å². The zero-order valence-corrected chi connectivity index (χ0v) is 40.8. The molecular formula is C55H96O9. The van der Waals surface area contributed by atoms with Gasteiger partial charge < -0.3 is 39.4 Å². The Labute approximate surface area is 391 Å². The fourth-order valence-corrected chi connectivity index (χ4v) is 7.61. The minimum Gasteiger partial charge on any atom is -0.457 e. The molecule has 0 aromatic rings. The van der Waals surface area contributed by atoms with Crippen molar-refractivity contribution < 1.29 is 44.2 Å². The molecule has 0 aromatic heterocycles. The molecule has 1 aliphatic heterocycles. The highest BCUT2D eigenvalue weighted by molar-refractivity contribution is 5.69. The summed E-state index contributed by atoms with van der Waals surface area (Å²) in [5, 5.41) is 40.3. The quantitative estimate of drug-likeness (QED) is 0.0268. The summed E-state index contributed by atoms with van der Waals surface area (Å²) in [5.74, 6) is -0.354. The van der Waals surface area contributed by atoms with E-state index in [1.165, 1.54) is 116 Å². The second-order valence-electron chi connectivity index (χ2n) is 17.6. The molecule has 4 N–H and O–H groups in total. The summed E-state index contributed by atoms with van der Waals surface area (Å²) in [6.07, 6.45) is 53.7. The Morgan fingerprint density at radius 2 is 0.953 bits per heavy atom. The normalized spacial score (nSPS) is 20.1. The largest absolute Gasteiger partial charge is 0.457 e. The second kappa shape index (κ2) is 45.8. The zero-order chi connectivity index (χ0) is 46.4. The lowest BCUT2D eigenvalue weighted by Gasteiger charge is -2.39. The van der Waals surface area contributed by atoms with E-state index in [1.54, 1.807) is 0 Å². The molecule has 9 heteroatoms. The first-order chi connectivity index (χ1) is 31.4. The zero-order valence-electron chi connectivity index (χ0n) is 40.8. The summed E-state index contributed by atoms with van der Waals surface area (Å²) in [7, 11) is 0. The number of unbranched alkanes of at least 4 members (excludes halogenated alkanes) is 21. The van der Waals surface area contributed by atoms with E-state index in [0.29, 0.717) is 13.0 Å². The van der Waals surface area contributed by atoms with Gasteiger partial charge in [0.25, 0.3) is 0 Å². The number of carbonyl (C=O) groups is 1. The molecule has 1 saturated heterocycles. The van der Waals surface area contributed by atoms with Crippen molar-refractivity contribution in [3.8, 4) is 0 Å². The molecule has 0 saturated carbocycles. The summed E-state index contributed by atoms with van der Waals surface area (Å²) in [6, 6.07) is 0. The Balaban J connectivity index is 2.24. The molecule has 370 valence electrons. The predicted octanol–water partition coefficient (Wildman–Crippen LogP) is 12.8. The smallest absolute Gasteiger partial charge is 0.306 e. The number of ether oxygens (including phenoxy) is 4. The van der Waals surface area contributed by atoms with E-state index >= 15 is 0 Å².